The fourth-order valence-corrected chi connectivity index (χ4v) is 2.76. The lowest BCUT2D eigenvalue weighted by Gasteiger charge is -2.35. The quantitative estimate of drug-likeness (QED) is 0.745. The third-order valence-corrected chi connectivity index (χ3v) is 4.53. The summed E-state index contributed by atoms with van der Waals surface area (Å²) in [6.45, 7) is 10.4. The summed E-state index contributed by atoms with van der Waals surface area (Å²) >= 11 is 0. The molecule has 1 aliphatic carbocycles. The molecule has 1 atom stereocenters. The van der Waals surface area contributed by atoms with E-state index in [0.29, 0.717) is 12.0 Å². The van der Waals surface area contributed by atoms with Crippen LogP contribution in [0.5, 0.6) is 0 Å². The molecule has 4 nitrogen and oxygen atoms in total. The van der Waals surface area contributed by atoms with E-state index < -0.39 is 0 Å². The van der Waals surface area contributed by atoms with Crippen LogP contribution in [-0.4, -0.2) is 49.1 Å². The molecule has 0 aromatic rings. The van der Waals surface area contributed by atoms with Crippen molar-refractivity contribution < 1.29 is 4.79 Å². The fourth-order valence-electron chi connectivity index (χ4n) is 2.76. The third kappa shape index (κ3) is 5.06. The number of hydrogen-bond acceptors (Lipinski definition) is 3. The lowest BCUT2D eigenvalue weighted by Crippen LogP contribution is -2.51. The molecule has 2 N–H and O–H groups in total. The summed E-state index contributed by atoms with van der Waals surface area (Å²) in [5.74, 6) is 1.65. The van der Waals surface area contributed by atoms with Gasteiger partial charge in [-0.05, 0) is 51.0 Å². The van der Waals surface area contributed by atoms with Crippen LogP contribution in [0.15, 0.2) is 0 Å². The Morgan fingerprint density at radius 3 is 2.35 bits per heavy atom. The topological polar surface area (TPSA) is 44.4 Å². The average molecular weight is 281 g/mol. The Morgan fingerprint density at radius 1 is 1.15 bits per heavy atom. The molecule has 1 aliphatic heterocycles. The first kappa shape index (κ1) is 15.8. The number of piperidine rings is 1. The monoisotopic (exact) mass is 281 g/mol. The molecule has 0 aromatic carbocycles. The second kappa shape index (κ2) is 7.41. The Balaban J connectivity index is 1.64. The van der Waals surface area contributed by atoms with Crippen molar-refractivity contribution in [2.45, 2.75) is 58.5 Å². The molecule has 0 aromatic heterocycles. The van der Waals surface area contributed by atoms with Crippen LogP contribution >= 0.6 is 0 Å². The molecule has 0 bridgehead atoms. The number of rotatable bonds is 7. The average Bonchev–Trinajstić information content (AvgIpc) is 3.26. The van der Waals surface area contributed by atoms with Crippen molar-refractivity contribution in [1.82, 2.24) is 15.5 Å². The standard InChI is InChI=1S/C16H31N3O/c1-12(2)10-18-16(20)13(3)19-8-6-15(7-9-19)17-11-14-4-5-14/h12-15,17H,4-11H2,1-3H3,(H,18,20). The van der Waals surface area contributed by atoms with Gasteiger partial charge in [0.15, 0.2) is 0 Å². The van der Waals surface area contributed by atoms with Crippen molar-refractivity contribution in [3.63, 3.8) is 0 Å². The predicted octanol–water partition coefficient (Wildman–Crippen LogP) is 1.61. The first-order chi connectivity index (χ1) is 9.56. The maximum atomic E-state index is 12.1. The molecule has 2 aliphatic rings. The molecule has 1 heterocycles. The molecular formula is C16H31N3O. The van der Waals surface area contributed by atoms with Crippen molar-refractivity contribution >= 4 is 5.91 Å². The van der Waals surface area contributed by atoms with E-state index in [1.54, 1.807) is 0 Å². The van der Waals surface area contributed by atoms with Crippen LogP contribution in [0, 0.1) is 11.8 Å². The summed E-state index contributed by atoms with van der Waals surface area (Å²) in [7, 11) is 0. The summed E-state index contributed by atoms with van der Waals surface area (Å²) in [4.78, 5) is 14.4. The molecule has 0 radical (unpaired) electrons. The van der Waals surface area contributed by atoms with E-state index in [0.717, 1.165) is 25.6 Å². The molecule has 1 unspecified atom stereocenters. The number of carbonyl (C=O) groups is 1. The van der Waals surface area contributed by atoms with E-state index in [9.17, 15) is 4.79 Å². The summed E-state index contributed by atoms with van der Waals surface area (Å²) < 4.78 is 0. The maximum absolute atomic E-state index is 12.1. The van der Waals surface area contributed by atoms with Crippen molar-refractivity contribution in [2.24, 2.45) is 11.8 Å². The molecule has 1 amide bonds. The van der Waals surface area contributed by atoms with Crippen LogP contribution in [0.4, 0.5) is 0 Å². The van der Waals surface area contributed by atoms with E-state index in [1.165, 1.54) is 32.2 Å². The second-order valence-electron chi connectivity index (χ2n) is 6.98. The van der Waals surface area contributed by atoms with E-state index >= 15 is 0 Å². The van der Waals surface area contributed by atoms with Gasteiger partial charge in [-0.15, -0.1) is 0 Å². The molecule has 1 saturated carbocycles. The van der Waals surface area contributed by atoms with Gasteiger partial charge in [0.25, 0.3) is 0 Å². The summed E-state index contributed by atoms with van der Waals surface area (Å²) in [5.41, 5.74) is 0. The third-order valence-electron chi connectivity index (χ3n) is 4.53. The summed E-state index contributed by atoms with van der Waals surface area (Å²) in [5, 5.41) is 6.73. The number of nitrogens with one attached hydrogen (secondary N) is 2. The summed E-state index contributed by atoms with van der Waals surface area (Å²) in [6.07, 6.45) is 5.18. The van der Waals surface area contributed by atoms with Gasteiger partial charge in [-0.2, -0.15) is 0 Å². The second-order valence-corrected chi connectivity index (χ2v) is 6.98. The van der Waals surface area contributed by atoms with Crippen LogP contribution in [0.1, 0.15) is 46.5 Å². The minimum atomic E-state index is 0.0122. The van der Waals surface area contributed by atoms with Crippen LogP contribution in [0.25, 0.3) is 0 Å². The zero-order valence-corrected chi connectivity index (χ0v) is 13.3. The molecule has 4 heteroatoms. The van der Waals surface area contributed by atoms with Gasteiger partial charge in [0.2, 0.25) is 5.91 Å². The highest BCUT2D eigenvalue weighted by Crippen LogP contribution is 2.28. The van der Waals surface area contributed by atoms with Gasteiger partial charge in [-0.25, -0.2) is 0 Å². The van der Waals surface area contributed by atoms with Crippen LogP contribution in [0.2, 0.25) is 0 Å². The molecule has 116 valence electrons. The van der Waals surface area contributed by atoms with Gasteiger partial charge < -0.3 is 10.6 Å². The molecule has 20 heavy (non-hydrogen) atoms. The Morgan fingerprint density at radius 2 is 1.80 bits per heavy atom. The van der Waals surface area contributed by atoms with E-state index in [2.05, 4.69) is 29.4 Å². The van der Waals surface area contributed by atoms with Crippen LogP contribution in [0.3, 0.4) is 0 Å². The molecule has 0 spiro atoms. The van der Waals surface area contributed by atoms with Crippen LogP contribution < -0.4 is 10.6 Å². The van der Waals surface area contributed by atoms with Crippen molar-refractivity contribution in [1.29, 1.82) is 0 Å². The predicted molar refractivity (Wildman–Crippen MR) is 82.6 cm³/mol. The van der Waals surface area contributed by atoms with Gasteiger partial charge in [-0.1, -0.05) is 13.8 Å². The van der Waals surface area contributed by atoms with Crippen molar-refractivity contribution in [2.75, 3.05) is 26.2 Å². The van der Waals surface area contributed by atoms with Gasteiger partial charge in [0.1, 0.15) is 0 Å². The normalized spacial score (nSPS) is 23.0. The largest absolute Gasteiger partial charge is 0.354 e. The highest BCUT2D eigenvalue weighted by molar-refractivity contribution is 5.81. The zero-order valence-electron chi connectivity index (χ0n) is 13.3. The van der Waals surface area contributed by atoms with Crippen LogP contribution in [-0.2, 0) is 4.79 Å². The molecule has 2 rings (SSSR count). The lowest BCUT2D eigenvalue weighted by atomic mass is 10.0. The van der Waals surface area contributed by atoms with Crippen molar-refractivity contribution in [3.05, 3.63) is 0 Å². The van der Waals surface area contributed by atoms with Crippen molar-refractivity contribution in [3.8, 4) is 0 Å². The summed E-state index contributed by atoms with van der Waals surface area (Å²) in [6, 6.07) is 0.677. The first-order valence-electron chi connectivity index (χ1n) is 8.31. The maximum Gasteiger partial charge on any atom is 0.237 e. The minimum absolute atomic E-state index is 0.0122. The van der Waals surface area contributed by atoms with Gasteiger partial charge in [0, 0.05) is 25.7 Å². The molecule has 1 saturated heterocycles. The van der Waals surface area contributed by atoms with Gasteiger partial charge >= 0.3 is 0 Å². The van der Waals surface area contributed by atoms with E-state index in [-0.39, 0.29) is 11.9 Å². The van der Waals surface area contributed by atoms with Gasteiger partial charge in [-0.3, -0.25) is 9.69 Å². The highest BCUT2D eigenvalue weighted by atomic mass is 16.2. The molecule has 2 fully saturated rings. The Kier molecular flexibility index (Phi) is 5.85. The SMILES string of the molecule is CC(C)CNC(=O)C(C)N1CCC(NCC2CC2)CC1. The number of hydrogen-bond donors (Lipinski definition) is 2. The smallest absolute Gasteiger partial charge is 0.237 e. The number of carbonyl (C=O) groups excluding carboxylic acids is 1. The Hall–Kier alpha value is -0.610. The number of amides is 1. The first-order valence-corrected chi connectivity index (χ1v) is 8.31. The number of likely N-dealkylation sites (tertiary alicyclic amines) is 1. The van der Waals surface area contributed by atoms with E-state index in [1.807, 2.05) is 6.92 Å². The van der Waals surface area contributed by atoms with E-state index in [4.69, 9.17) is 0 Å². The Bertz CT molecular complexity index is 307. The Labute approximate surface area is 123 Å². The highest BCUT2D eigenvalue weighted by Gasteiger charge is 2.28. The fraction of sp³-hybridized carbons (Fsp3) is 0.938. The zero-order chi connectivity index (χ0) is 14.5. The number of nitrogens with zero attached hydrogens (tertiary/aromatic N) is 1. The lowest BCUT2D eigenvalue weighted by molar-refractivity contribution is -0.126. The minimum Gasteiger partial charge on any atom is -0.354 e. The molecular weight excluding hydrogens is 250 g/mol. The van der Waals surface area contributed by atoms with Gasteiger partial charge in [0.05, 0.1) is 6.04 Å².